The number of hydrogen-bond acceptors (Lipinski definition) is 3. The van der Waals surface area contributed by atoms with Crippen molar-refractivity contribution in [2.45, 2.75) is 26.3 Å². The van der Waals surface area contributed by atoms with E-state index in [-0.39, 0.29) is 17.6 Å². The number of nitrogens with one attached hydrogen (secondary N) is 1. The van der Waals surface area contributed by atoms with E-state index in [0.717, 1.165) is 47.0 Å². The van der Waals surface area contributed by atoms with Crippen LogP contribution >= 0.6 is 0 Å². The summed E-state index contributed by atoms with van der Waals surface area (Å²) in [4.78, 5) is 27.1. The number of piperidine rings is 1. The third kappa shape index (κ3) is 4.73. The molecule has 1 aliphatic rings. The number of amides is 2. The number of rotatable bonds is 5. The van der Waals surface area contributed by atoms with Crippen molar-refractivity contribution in [1.82, 2.24) is 20.0 Å². The van der Waals surface area contributed by atoms with Gasteiger partial charge in [-0.25, -0.2) is 4.39 Å². The molecule has 184 valence electrons. The van der Waals surface area contributed by atoms with Gasteiger partial charge in [0.15, 0.2) is 0 Å². The lowest BCUT2D eigenvalue weighted by Gasteiger charge is -2.32. The van der Waals surface area contributed by atoms with Gasteiger partial charge in [-0.15, -0.1) is 0 Å². The number of likely N-dealkylation sites (tertiary alicyclic amines) is 1. The van der Waals surface area contributed by atoms with Crippen molar-refractivity contribution in [3.05, 3.63) is 89.4 Å². The number of aromatic nitrogens is 2. The van der Waals surface area contributed by atoms with Crippen molar-refractivity contribution in [3.8, 4) is 11.1 Å². The van der Waals surface area contributed by atoms with Crippen LogP contribution in [0.3, 0.4) is 0 Å². The summed E-state index contributed by atoms with van der Waals surface area (Å²) >= 11 is 0. The molecule has 7 heteroatoms. The Hall–Kier alpha value is -4.00. The normalized spacial score (nSPS) is 14.2. The summed E-state index contributed by atoms with van der Waals surface area (Å²) in [6, 6.07) is 17.6. The molecule has 1 saturated heterocycles. The first-order valence-corrected chi connectivity index (χ1v) is 12.3. The number of carbonyl (C=O) groups excluding carboxylic acids is 2. The van der Waals surface area contributed by atoms with E-state index in [9.17, 15) is 14.0 Å². The van der Waals surface area contributed by atoms with E-state index in [0.29, 0.717) is 30.1 Å². The van der Waals surface area contributed by atoms with Crippen LogP contribution in [0.15, 0.2) is 66.9 Å². The van der Waals surface area contributed by atoms with Crippen molar-refractivity contribution >= 4 is 22.7 Å². The Morgan fingerprint density at radius 3 is 2.25 bits per heavy atom. The predicted octanol–water partition coefficient (Wildman–Crippen LogP) is 5.06. The number of halogens is 1. The fourth-order valence-electron chi connectivity index (χ4n) is 4.97. The average Bonchev–Trinajstić information content (AvgIpc) is 3.32. The summed E-state index contributed by atoms with van der Waals surface area (Å²) in [6.07, 6.45) is 3.85. The molecule has 0 aliphatic carbocycles. The zero-order valence-corrected chi connectivity index (χ0v) is 20.5. The predicted molar refractivity (Wildman–Crippen MR) is 138 cm³/mol. The van der Waals surface area contributed by atoms with E-state index in [1.54, 1.807) is 19.2 Å². The number of hydrogen-bond donors (Lipinski definition) is 1. The summed E-state index contributed by atoms with van der Waals surface area (Å²) in [5, 5.41) is 8.40. The number of carbonyl (C=O) groups is 2. The SMILES string of the molecule is CNC(=O)c1ccc2nn(CC3CCN(C(=O)c4ccc(-c5ccc(F)cc5)cc4)CC3)cc2c1C. The van der Waals surface area contributed by atoms with Crippen LogP contribution in [0.1, 0.15) is 39.1 Å². The average molecular weight is 485 g/mol. The van der Waals surface area contributed by atoms with Gasteiger partial charge in [0.2, 0.25) is 0 Å². The van der Waals surface area contributed by atoms with Crippen LogP contribution in [0.4, 0.5) is 4.39 Å². The van der Waals surface area contributed by atoms with Crippen LogP contribution in [0.2, 0.25) is 0 Å². The third-order valence-corrected chi connectivity index (χ3v) is 7.13. The number of fused-ring (bicyclic) bond motifs is 1. The molecule has 1 fully saturated rings. The largest absolute Gasteiger partial charge is 0.355 e. The van der Waals surface area contributed by atoms with Crippen LogP contribution in [0.5, 0.6) is 0 Å². The van der Waals surface area contributed by atoms with E-state index in [1.165, 1.54) is 12.1 Å². The quantitative estimate of drug-likeness (QED) is 0.430. The molecule has 5 rings (SSSR count). The highest BCUT2D eigenvalue weighted by Gasteiger charge is 2.24. The van der Waals surface area contributed by atoms with Gasteiger partial charge in [-0.05, 0) is 78.8 Å². The summed E-state index contributed by atoms with van der Waals surface area (Å²) in [5.74, 6) is 0.119. The molecule has 0 unspecified atom stereocenters. The minimum atomic E-state index is -0.264. The van der Waals surface area contributed by atoms with Crippen molar-refractivity contribution in [2.75, 3.05) is 20.1 Å². The molecule has 0 saturated carbocycles. The van der Waals surface area contributed by atoms with Gasteiger partial charge >= 0.3 is 0 Å². The van der Waals surface area contributed by atoms with Gasteiger partial charge in [-0.1, -0.05) is 24.3 Å². The number of nitrogens with zero attached hydrogens (tertiary/aromatic N) is 3. The van der Waals surface area contributed by atoms with Crippen molar-refractivity contribution in [3.63, 3.8) is 0 Å². The first-order chi connectivity index (χ1) is 17.4. The van der Waals surface area contributed by atoms with Gasteiger partial charge in [0.1, 0.15) is 5.82 Å². The van der Waals surface area contributed by atoms with Crippen LogP contribution in [-0.2, 0) is 6.54 Å². The summed E-state index contributed by atoms with van der Waals surface area (Å²) in [6.45, 7) is 4.17. The van der Waals surface area contributed by atoms with Crippen LogP contribution in [-0.4, -0.2) is 46.6 Å². The lowest BCUT2D eigenvalue weighted by Crippen LogP contribution is -2.39. The van der Waals surface area contributed by atoms with Gasteiger partial charge in [0, 0.05) is 49.4 Å². The first kappa shape index (κ1) is 23.7. The lowest BCUT2D eigenvalue weighted by atomic mass is 9.96. The molecule has 3 aromatic carbocycles. The minimum absolute atomic E-state index is 0.0429. The van der Waals surface area contributed by atoms with Crippen LogP contribution < -0.4 is 5.32 Å². The fourth-order valence-corrected chi connectivity index (χ4v) is 4.97. The maximum absolute atomic E-state index is 13.2. The van der Waals surface area contributed by atoms with Crippen LogP contribution in [0.25, 0.3) is 22.0 Å². The third-order valence-electron chi connectivity index (χ3n) is 7.13. The zero-order chi connectivity index (χ0) is 25.2. The standard InChI is InChI=1S/C29H29FN4O2/c1-19-25(28(35)31-2)11-12-27-26(19)18-34(32-27)17-20-13-15-33(16-14-20)29(36)23-5-3-21(4-6-23)22-7-9-24(30)10-8-22/h3-12,18,20H,13-17H2,1-2H3,(H,31,35). The zero-order valence-electron chi connectivity index (χ0n) is 20.5. The Morgan fingerprint density at radius 1 is 0.972 bits per heavy atom. The molecule has 6 nitrogen and oxygen atoms in total. The van der Waals surface area contributed by atoms with Gasteiger partial charge in [0.25, 0.3) is 11.8 Å². The highest BCUT2D eigenvalue weighted by atomic mass is 19.1. The second-order valence-electron chi connectivity index (χ2n) is 9.42. The van der Waals surface area contributed by atoms with Gasteiger partial charge in [-0.2, -0.15) is 5.10 Å². The van der Waals surface area contributed by atoms with E-state index in [1.807, 2.05) is 59.1 Å². The topological polar surface area (TPSA) is 67.2 Å². The smallest absolute Gasteiger partial charge is 0.253 e. The van der Waals surface area contributed by atoms with E-state index in [4.69, 9.17) is 5.10 Å². The highest BCUT2D eigenvalue weighted by molar-refractivity contribution is 6.00. The molecule has 1 N–H and O–H groups in total. The molecule has 1 aromatic heterocycles. The van der Waals surface area contributed by atoms with Crippen molar-refractivity contribution in [1.29, 1.82) is 0 Å². The van der Waals surface area contributed by atoms with Gasteiger partial charge in [0.05, 0.1) is 5.52 Å². The second kappa shape index (κ2) is 9.93. The molecule has 0 atom stereocenters. The molecule has 36 heavy (non-hydrogen) atoms. The van der Waals surface area contributed by atoms with E-state index in [2.05, 4.69) is 5.32 Å². The fraction of sp³-hybridized carbons (Fsp3) is 0.276. The molecule has 0 bridgehead atoms. The Bertz CT molecular complexity index is 1400. The lowest BCUT2D eigenvalue weighted by molar-refractivity contribution is 0.0681. The van der Waals surface area contributed by atoms with Crippen molar-refractivity contribution in [2.24, 2.45) is 5.92 Å². The number of benzene rings is 3. The summed E-state index contributed by atoms with van der Waals surface area (Å²) < 4.78 is 15.2. The monoisotopic (exact) mass is 484 g/mol. The Balaban J connectivity index is 1.20. The molecule has 4 aromatic rings. The molecular formula is C29H29FN4O2. The van der Waals surface area contributed by atoms with Gasteiger partial charge in [-0.3, -0.25) is 14.3 Å². The summed E-state index contributed by atoms with van der Waals surface area (Å²) in [5.41, 5.74) is 5.03. The molecular weight excluding hydrogens is 455 g/mol. The molecule has 0 spiro atoms. The number of aryl methyl sites for hydroxylation is 1. The first-order valence-electron chi connectivity index (χ1n) is 12.3. The molecule has 0 radical (unpaired) electrons. The van der Waals surface area contributed by atoms with E-state index >= 15 is 0 Å². The minimum Gasteiger partial charge on any atom is -0.355 e. The maximum atomic E-state index is 13.2. The molecule has 2 heterocycles. The Labute approximate surface area is 209 Å². The Kier molecular flexibility index (Phi) is 6.55. The van der Waals surface area contributed by atoms with E-state index < -0.39 is 0 Å². The van der Waals surface area contributed by atoms with Crippen LogP contribution in [0, 0.1) is 18.7 Å². The molecule has 2 amide bonds. The summed E-state index contributed by atoms with van der Waals surface area (Å²) in [7, 11) is 1.63. The van der Waals surface area contributed by atoms with Gasteiger partial charge < -0.3 is 10.2 Å². The molecule has 1 aliphatic heterocycles. The maximum Gasteiger partial charge on any atom is 0.253 e. The Morgan fingerprint density at radius 2 is 1.61 bits per heavy atom. The second-order valence-corrected chi connectivity index (χ2v) is 9.42. The highest BCUT2D eigenvalue weighted by Crippen LogP contribution is 2.25. The van der Waals surface area contributed by atoms with Crippen molar-refractivity contribution < 1.29 is 14.0 Å².